The van der Waals surface area contributed by atoms with E-state index in [2.05, 4.69) is 36.4 Å². The Hall–Kier alpha value is -1.02. The highest BCUT2D eigenvalue weighted by Crippen LogP contribution is 2.53. The number of fused-ring (bicyclic) bond motifs is 1. The maximum Gasteiger partial charge on any atom is 0.0743 e. The predicted octanol–water partition coefficient (Wildman–Crippen LogP) is 3.56. The summed E-state index contributed by atoms with van der Waals surface area (Å²) < 4.78 is 0. The van der Waals surface area contributed by atoms with Gasteiger partial charge in [-0.2, -0.15) is 0 Å². The van der Waals surface area contributed by atoms with Gasteiger partial charge in [-0.05, 0) is 42.4 Å². The first-order chi connectivity index (χ1) is 9.09. The highest BCUT2D eigenvalue weighted by Gasteiger charge is 2.47. The minimum atomic E-state index is 0.0782. The van der Waals surface area contributed by atoms with Gasteiger partial charge in [0.15, 0.2) is 0 Å². The van der Waals surface area contributed by atoms with Crippen molar-refractivity contribution in [2.75, 3.05) is 6.54 Å². The molecule has 0 saturated carbocycles. The molecule has 1 N–H and O–H groups in total. The average Bonchev–Trinajstić information content (AvgIpc) is 2.77. The lowest BCUT2D eigenvalue weighted by Gasteiger charge is -2.42. The van der Waals surface area contributed by atoms with Crippen LogP contribution in [0.4, 0.5) is 0 Å². The van der Waals surface area contributed by atoms with Gasteiger partial charge in [0.25, 0.3) is 0 Å². The van der Waals surface area contributed by atoms with Gasteiger partial charge in [0.2, 0.25) is 0 Å². The molecule has 2 aliphatic carbocycles. The summed E-state index contributed by atoms with van der Waals surface area (Å²) in [5, 5.41) is 4.62. The first-order valence-electron chi connectivity index (χ1n) is 7.19. The number of halogens is 1. The Morgan fingerprint density at radius 2 is 2.26 bits per heavy atom. The van der Waals surface area contributed by atoms with E-state index >= 15 is 0 Å². The van der Waals surface area contributed by atoms with Crippen molar-refractivity contribution in [3.05, 3.63) is 33.5 Å². The third kappa shape index (κ3) is 1.47. The van der Waals surface area contributed by atoms with Gasteiger partial charge in [-0.1, -0.05) is 31.0 Å². The van der Waals surface area contributed by atoms with Gasteiger partial charge < -0.3 is 5.32 Å². The molecular formula is C16H19ClN2. The van der Waals surface area contributed by atoms with Gasteiger partial charge in [0, 0.05) is 28.4 Å². The van der Waals surface area contributed by atoms with Crippen LogP contribution in [0.2, 0.25) is 0 Å². The fourth-order valence-corrected chi connectivity index (χ4v) is 4.39. The number of aliphatic imine (C=N–C) groups is 1. The fraction of sp³-hybridized carbons (Fsp3) is 0.562. The molecule has 100 valence electrons. The Labute approximate surface area is 119 Å². The van der Waals surface area contributed by atoms with E-state index in [1.165, 1.54) is 16.8 Å². The molecule has 3 unspecified atom stereocenters. The van der Waals surface area contributed by atoms with Crippen LogP contribution >= 0.6 is 11.6 Å². The topological polar surface area (TPSA) is 24.4 Å². The quantitative estimate of drug-likeness (QED) is 0.718. The zero-order valence-electron chi connectivity index (χ0n) is 11.5. The normalized spacial score (nSPS) is 44.3. The second-order valence-corrected chi connectivity index (χ2v) is 6.92. The van der Waals surface area contributed by atoms with E-state index < -0.39 is 0 Å². The minimum Gasteiger partial charge on any atom is -0.385 e. The molecule has 0 fully saturated rings. The lowest BCUT2D eigenvalue weighted by molar-refractivity contribution is 0.277. The Morgan fingerprint density at radius 3 is 3.11 bits per heavy atom. The molecule has 0 radical (unpaired) electrons. The number of nitrogens with one attached hydrogen (secondary N) is 1. The maximum atomic E-state index is 6.32. The summed E-state index contributed by atoms with van der Waals surface area (Å²) in [6.45, 7) is 5.35. The lowest BCUT2D eigenvalue weighted by atomic mass is 9.67. The van der Waals surface area contributed by atoms with Crippen LogP contribution in [0.3, 0.4) is 0 Å². The van der Waals surface area contributed by atoms with Gasteiger partial charge in [0.1, 0.15) is 0 Å². The molecule has 0 aromatic carbocycles. The number of hydrogen-bond donors (Lipinski definition) is 1. The Morgan fingerprint density at radius 1 is 1.42 bits per heavy atom. The molecule has 0 aromatic heterocycles. The fourth-order valence-electron chi connectivity index (χ4n) is 4.22. The molecule has 2 heterocycles. The zero-order chi connectivity index (χ0) is 13.2. The molecule has 0 saturated heterocycles. The molecule has 3 atom stereocenters. The van der Waals surface area contributed by atoms with Crippen molar-refractivity contribution < 1.29 is 0 Å². The van der Waals surface area contributed by atoms with Crippen LogP contribution in [0.5, 0.6) is 0 Å². The molecule has 3 heteroatoms. The largest absolute Gasteiger partial charge is 0.385 e. The highest BCUT2D eigenvalue weighted by atomic mass is 35.5. The maximum absolute atomic E-state index is 6.32. The lowest BCUT2D eigenvalue weighted by Crippen LogP contribution is -2.43. The van der Waals surface area contributed by atoms with Gasteiger partial charge in [0.05, 0.1) is 6.54 Å². The van der Waals surface area contributed by atoms with Crippen LogP contribution in [0.25, 0.3) is 0 Å². The van der Waals surface area contributed by atoms with Gasteiger partial charge in [-0.3, -0.25) is 4.99 Å². The average molecular weight is 275 g/mol. The Bertz CT molecular complexity index is 582. The minimum absolute atomic E-state index is 0.0782. The molecule has 2 nitrogen and oxygen atoms in total. The third-order valence-corrected chi connectivity index (χ3v) is 5.75. The Balaban J connectivity index is 2.03. The van der Waals surface area contributed by atoms with E-state index in [0.29, 0.717) is 18.5 Å². The monoisotopic (exact) mass is 274 g/mol. The van der Waals surface area contributed by atoms with E-state index in [1.54, 1.807) is 5.57 Å². The van der Waals surface area contributed by atoms with E-state index in [4.69, 9.17) is 11.6 Å². The smallest absolute Gasteiger partial charge is 0.0743 e. The molecule has 0 aromatic rings. The van der Waals surface area contributed by atoms with E-state index in [-0.39, 0.29) is 5.41 Å². The number of allylic oxidation sites excluding steroid dienone is 4. The van der Waals surface area contributed by atoms with Crippen molar-refractivity contribution >= 4 is 17.8 Å². The van der Waals surface area contributed by atoms with Crippen molar-refractivity contribution in [1.82, 2.24) is 5.32 Å². The number of rotatable bonds is 0. The number of hydrogen-bond acceptors (Lipinski definition) is 2. The summed E-state index contributed by atoms with van der Waals surface area (Å²) in [4.78, 5) is 4.59. The van der Waals surface area contributed by atoms with Crippen LogP contribution in [0.1, 0.15) is 33.1 Å². The van der Waals surface area contributed by atoms with Crippen molar-refractivity contribution in [1.29, 1.82) is 0 Å². The molecule has 0 spiro atoms. The predicted molar refractivity (Wildman–Crippen MR) is 79.4 cm³/mol. The first-order valence-corrected chi connectivity index (χ1v) is 7.57. The summed E-state index contributed by atoms with van der Waals surface area (Å²) in [7, 11) is 0. The highest BCUT2D eigenvalue weighted by molar-refractivity contribution is 6.30. The molecule has 19 heavy (non-hydrogen) atoms. The summed E-state index contributed by atoms with van der Waals surface area (Å²) in [6, 6.07) is 0.555. The van der Waals surface area contributed by atoms with Crippen molar-refractivity contribution in [2.24, 2.45) is 16.3 Å². The number of nitrogens with zero attached hydrogens (tertiary/aromatic N) is 1. The molecular weight excluding hydrogens is 256 g/mol. The van der Waals surface area contributed by atoms with Crippen LogP contribution in [-0.4, -0.2) is 18.8 Å². The molecule has 4 rings (SSSR count). The van der Waals surface area contributed by atoms with Crippen molar-refractivity contribution in [2.45, 2.75) is 39.2 Å². The molecule has 0 amide bonds. The molecule has 4 aliphatic rings. The van der Waals surface area contributed by atoms with Crippen LogP contribution in [-0.2, 0) is 0 Å². The SMILES string of the molecule is CC1C2CC3=C(CCC4=C3/C=C(/Cl)C/N=C\C41C)N2. The third-order valence-electron chi connectivity index (χ3n) is 5.53. The van der Waals surface area contributed by atoms with E-state index in [0.717, 1.165) is 24.3 Å². The zero-order valence-corrected chi connectivity index (χ0v) is 12.2. The van der Waals surface area contributed by atoms with Crippen LogP contribution in [0.15, 0.2) is 38.5 Å². The summed E-state index contributed by atoms with van der Waals surface area (Å²) in [5.74, 6) is 0.571. The molecule has 5 bridgehead atoms. The van der Waals surface area contributed by atoms with Gasteiger partial charge in [-0.15, -0.1) is 0 Å². The second kappa shape index (κ2) is 3.76. The van der Waals surface area contributed by atoms with Gasteiger partial charge in [-0.25, -0.2) is 0 Å². The second-order valence-electron chi connectivity index (χ2n) is 6.44. The van der Waals surface area contributed by atoms with Gasteiger partial charge >= 0.3 is 0 Å². The van der Waals surface area contributed by atoms with Crippen molar-refractivity contribution in [3.8, 4) is 0 Å². The summed E-state index contributed by atoms with van der Waals surface area (Å²) in [5.41, 5.74) is 6.05. The van der Waals surface area contributed by atoms with Crippen LogP contribution < -0.4 is 5.32 Å². The van der Waals surface area contributed by atoms with E-state index in [1.807, 2.05) is 0 Å². The Kier molecular flexibility index (Phi) is 2.33. The molecule has 2 aliphatic heterocycles. The van der Waals surface area contributed by atoms with E-state index in [9.17, 15) is 0 Å². The summed E-state index contributed by atoms with van der Waals surface area (Å²) >= 11 is 6.32. The van der Waals surface area contributed by atoms with Crippen molar-refractivity contribution in [3.63, 3.8) is 0 Å². The standard InChI is InChI=1S/C16H19ClN2/c1-9-15-6-12-11-5-10(17)7-18-8-16(9,2)13(11)3-4-14(12)19-15/h5,8-9,15,19H,3-4,6-7H2,1-2H3/b10-5+,18-8-. The summed E-state index contributed by atoms with van der Waals surface area (Å²) in [6.07, 6.45) is 7.81. The van der Waals surface area contributed by atoms with Crippen LogP contribution in [0, 0.1) is 11.3 Å². The first kappa shape index (κ1) is 11.8.